The lowest BCUT2D eigenvalue weighted by Gasteiger charge is -2.40. The van der Waals surface area contributed by atoms with Crippen LogP contribution in [-0.2, 0) is 0 Å². The minimum Gasteiger partial charge on any atom is -0.352 e. The summed E-state index contributed by atoms with van der Waals surface area (Å²) in [5.41, 5.74) is 15.3. The summed E-state index contributed by atoms with van der Waals surface area (Å²) >= 11 is 24.9. The van der Waals surface area contributed by atoms with Gasteiger partial charge in [0.25, 0.3) is 0 Å². The summed E-state index contributed by atoms with van der Waals surface area (Å²) in [6.07, 6.45) is 6.92. The van der Waals surface area contributed by atoms with Crippen LogP contribution in [0.4, 0.5) is 66.2 Å². The Balaban J connectivity index is 0.000000136. The molecule has 8 amide bonds. The average molecular weight is 1570 g/mol. The number of aromatic nitrogens is 12. The zero-order chi connectivity index (χ0) is 76.7. The van der Waals surface area contributed by atoms with Gasteiger partial charge in [-0.05, 0) is 198 Å². The van der Waals surface area contributed by atoms with E-state index in [1.54, 1.807) is 34.6 Å². The number of carbonyl (C=O) groups excluding carboxylic acids is 4. The molecule has 28 nitrogen and oxygen atoms in total. The number of aromatic amines is 4. The number of fused-ring (bicyclic) bond motifs is 4. The summed E-state index contributed by atoms with van der Waals surface area (Å²) in [4.78, 5) is 114. The summed E-state index contributed by atoms with van der Waals surface area (Å²) in [5, 5.41) is 14.0. The third-order valence-corrected chi connectivity index (χ3v) is 21.1. The number of benzene rings is 4. The van der Waals surface area contributed by atoms with E-state index in [1.165, 1.54) is 33.4 Å². The van der Waals surface area contributed by atoms with Gasteiger partial charge >= 0.3 is 24.1 Å². The van der Waals surface area contributed by atoms with Crippen LogP contribution in [0.5, 0.6) is 0 Å². The molecule has 4 aromatic carbocycles. The van der Waals surface area contributed by atoms with Crippen molar-refractivity contribution in [3.63, 3.8) is 0 Å². The van der Waals surface area contributed by atoms with Crippen molar-refractivity contribution in [1.82, 2.24) is 79.4 Å². The van der Waals surface area contributed by atoms with Crippen molar-refractivity contribution < 1.29 is 19.2 Å². The molecule has 0 bridgehead atoms. The number of carbonyl (C=O) groups is 4. The van der Waals surface area contributed by atoms with Crippen LogP contribution >= 0.6 is 46.4 Å². The molecule has 2 atom stereocenters. The van der Waals surface area contributed by atoms with Gasteiger partial charge in [0.1, 0.15) is 23.3 Å². The maximum Gasteiger partial charge on any atom is 0.324 e. The van der Waals surface area contributed by atoms with Gasteiger partial charge in [-0.25, -0.2) is 59.0 Å². The first kappa shape index (κ1) is 78.4. The third kappa shape index (κ3) is 18.4. The van der Waals surface area contributed by atoms with Crippen LogP contribution in [0.25, 0.3) is 44.1 Å². The Bertz CT molecular complexity index is 5020. The third-order valence-electron chi connectivity index (χ3n) is 19.9. The number of nitrogens with one attached hydrogen (secondary N) is 8. The lowest BCUT2D eigenvalue weighted by Crippen LogP contribution is -2.55. The Morgan fingerprint density at radius 1 is 0.355 bits per heavy atom. The second-order valence-corrected chi connectivity index (χ2v) is 29.2. The lowest BCUT2D eigenvalue weighted by molar-refractivity contribution is 0.184. The van der Waals surface area contributed by atoms with Gasteiger partial charge in [0.15, 0.2) is 0 Å². The Labute approximate surface area is 657 Å². The molecule has 4 fully saturated rings. The number of halogens is 4. The van der Waals surface area contributed by atoms with Crippen LogP contribution in [0.2, 0.25) is 20.1 Å². The monoisotopic (exact) mass is 1570 g/mol. The van der Waals surface area contributed by atoms with E-state index in [9.17, 15) is 19.2 Å². The smallest absolute Gasteiger partial charge is 0.324 e. The molecular formula is C78H90Cl4N24O4. The highest BCUT2D eigenvalue weighted by Gasteiger charge is 2.32. The lowest BCUT2D eigenvalue weighted by atomic mass is 10.1. The number of imidazole rings is 4. The molecule has 4 saturated heterocycles. The first-order chi connectivity index (χ1) is 52.4. The van der Waals surface area contributed by atoms with Gasteiger partial charge in [0.2, 0.25) is 23.8 Å². The molecule has 8 N–H and O–H groups in total. The van der Waals surface area contributed by atoms with Crippen molar-refractivity contribution in [1.29, 1.82) is 0 Å². The van der Waals surface area contributed by atoms with Gasteiger partial charge in [-0.2, -0.15) is 0 Å². The maximum absolute atomic E-state index is 12.8. The summed E-state index contributed by atoms with van der Waals surface area (Å²) in [6, 6.07) is 32.1. The summed E-state index contributed by atoms with van der Waals surface area (Å²) in [5.74, 6) is 4.92. The molecule has 16 rings (SSSR count). The molecule has 0 unspecified atom stereocenters. The highest BCUT2D eigenvalue weighted by Crippen LogP contribution is 2.31. The number of hydrogen-bond acceptors (Lipinski definition) is 16. The van der Waals surface area contributed by atoms with Gasteiger partial charge in [0.05, 0.1) is 64.2 Å². The van der Waals surface area contributed by atoms with Crippen molar-refractivity contribution in [2.75, 3.05) is 132 Å². The largest absolute Gasteiger partial charge is 0.352 e. The first-order valence-electron chi connectivity index (χ1n) is 36.0. The number of aryl methyl sites for hydroxylation is 7. The van der Waals surface area contributed by atoms with E-state index in [0.717, 1.165) is 73.0 Å². The number of hydrogen-bond donors (Lipinski definition) is 8. The molecule has 4 aliphatic heterocycles. The number of anilines is 8. The van der Waals surface area contributed by atoms with E-state index in [2.05, 4.69) is 142 Å². The Hall–Kier alpha value is -11.2. The summed E-state index contributed by atoms with van der Waals surface area (Å²) in [6.45, 7) is 27.4. The average Bonchev–Trinajstić information content (AvgIpc) is 1.26. The van der Waals surface area contributed by atoms with Gasteiger partial charge in [-0.3, -0.25) is 21.3 Å². The van der Waals surface area contributed by atoms with E-state index < -0.39 is 0 Å². The van der Waals surface area contributed by atoms with Crippen LogP contribution in [0.15, 0.2) is 128 Å². The number of amides is 8. The molecule has 8 aromatic heterocycles. The number of H-pyrrole nitrogens is 4. The van der Waals surface area contributed by atoms with Crippen molar-refractivity contribution in [2.45, 2.75) is 81.8 Å². The fourth-order valence-electron chi connectivity index (χ4n) is 13.5. The normalized spacial score (nSPS) is 15.8. The highest BCUT2D eigenvalue weighted by atomic mass is 35.5. The predicted molar refractivity (Wildman–Crippen MR) is 442 cm³/mol. The Morgan fingerprint density at radius 2 is 0.636 bits per heavy atom. The molecule has 0 saturated carbocycles. The fraction of sp³-hybridized carbons (Fsp3) is 0.333. The van der Waals surface area contributed by atoms with Gasteiger partial charge in [0, 0.05) is 128 Å². The van der Waals surface area contributed by atoms with Crippen LogP contribution < -0.4 is 40.9 Å². The van der Waals surface area contributed by atoms with Crippen LogP contribution in [0.1, 0.15) is 60.2 Å². The van der Waals surface area contributed by atoms with E-state index in [-0.39, 0.29) is 43.6 Å². The standard InChI is InChI=1S/2C20H23ClN6O.C19H21ClN6O.C18H19ClN6O.CH4/c2*1-12-9-16-17(10-13(12)2)24-19(23-16)25-20(28)27-8-7-26(11-14(27)3)18-15(21)5-4-6-22-18;1-12-10-15-16(11-13(12)2)23-18(22-15)24-19(27)26-8-6-25(7-9-26)17-14(20)4-3-5-21-17;1-12-4-5-14-15(11-12)22-17(21-14)23-18(26)25-9-7-24(8-10-25)16-13(19)3-2-6-20-16;/h2*4-6,9-10,14H,7-8,11H2,1-3H3,(H2,23,24,25,28);3-5,10-11H,6-9H2,1-2H3,(H2,22,23,24,27);2-6,11H,7-10H2,1H3,(H2,21,22,23,26);1H4/t2*14-;;;/m10.../s1. The maximum atomic E-state index is 12.8. The molecule has 4 aliphatic rings. The van der Waals surface area contributed by atoms with Crippen molar-refractivity contribution in [3.05, 3.63) is 187 Å². The number of nitrogens with zero attached hydrogens (tertiary/aromatic N) is 16. The number of rotatable bonds is 8. The molecule has 32 heteroatoms. The number of piperazine rings is 4. The SMILES string of the molecule is C.Cc1cc2nc(NC(=O)N3CCN(c4ncccc4Cl)CC3)[nH]c2cc1C.Cc1cc2nc(NC(=O)N3CCN(c4ncccc4Cl)C[C@@H]3C)[nH]c2cc1C.Cc1cc2nc(NC(=O)N3CCN(c4ncccc4Cl)C[C@H]3C)[nH]c2cc1C.Cc1ccc2nc(NC(=O)N3CCN(c4ncccc4Cl)CC3)[nH]c2c1. The second-order valence-electron chi connectivity index (χ2n) is 27.6. The van der Waals surface area contributed by atoms with Gasteiger partial charge in [-0.15, -0.1) is 0 Å². The molecule has 12 aromatic rings. The van der Waals surface area contributed by atoms with Crippen molar-refractivity contribution in [2.24, 2.45) is 0 Å². The molecule has 574 valence electrons. The molecule has 110 heavy (non-hydrogen) atoms. The Kier molecular flexibility index (Phi) is 24.6. The Morgan fingerprint density at radius 3 is 0.955 bits per heavy atom. The molecular weight excluding hydrogens is 1480 g/mol. The minimum atomic E-state index is -0.160. The van der Waals surface area contributed by atoms with Crippen LogP contribution in [0, 0.1) is 48.5 Å². The topological polar surface area (TPSA) is 309 Å². The second kappa shape index (κ2) is 34.6. The van der Waals surface area contributed by atoms with Gasteiger partial charge in [-0.1, -0.05) is 59.9 Å². The van der Waals surface area contributed by atoms with Crippen LogP contribution in [0.3, 0.4) is 0 Å². The van der Waals surface area contributed by atoms with Crippen molar-refractivity contribution in [3.8, 4) is 0 Å². The molecule has 0 radical (unpaired) electrons. The van der Waals surface area contributed by atoms with E-state index in [4.69, 9.17) is 46.4 Å². The first-order valence-corrected chi connectivity index (χ1v) is 37.5. The van der Waals surface area contributed by atoms with E-state index >= 15 is 0 Å². The molecule has 0 aliphatic carbocycles. The zero-order valence-corrected chi connectivity index (χ0v) is 65.0. The molecule has 0 spiro atoms. The zero-order valence-electron chi connectivity index (χ0n) is 62.0. The molecule has 12 heterocycles. The fourth-order valence-corrected chi connectivity index (χ4v) is 14.4. The quantitative estimate of drug-likeness (QED) is 0.0701. The summed E-state index contributed by atoms with van der Waals surface area (Å²) < 4.78 is 0. The minimum absolute atomic E-state index is 0. The number of pyridine rings is 4. The van der Waals surface area contributed by atoms with E-state index in [1.807, 2.05) is 134 Å². The van der Waals surface area contributed by atoms with Gasteiger partial charge < -0.3 is 59.1 Å². The van der Waals surface area contributed by atoms with Crippen molar-refractivity contribution >= 4 is 162 Å². The predicted octanol–water partition coefficient (Wildman–Crippen LogP) is 15.4. The summed E-state index contributed by atoms with van der Waals surface area (Å²) in [7, 11) is 0. The highest BCUT2D eigenvalue weighted by molar-refractivity contribution is 6.34. The number of urea groups is 4. The van der Waals surface area contributed by atoms with E-state index in [0.29, 0.717) is 136 Å². The van der Waals surface area contributed by atoms with Crippen LogP contribution in [-0.4, -0.2) is 207 Å².